The van der Waals surface area contributed by atoms with Crippen molar-refractivity contribution in [3.05, 3.63) is 41.9 Å². The number of H-pyrrole nitrogens is 1. The van der Waals surface area contributed by atoms with Crippen molar-refractivity contribution >= 4 is 27.6 Å². The molecule has 0 radical (unpaired) electrons. The zero-order valence-corrected chi connectivity index (χ0v) is 18.5. The number of nitrogens with one attached hydrogen (secondary N) is 2. The molecule has 5 rings (SSSR count). The molecule has 5 N–H and O–H groups in total. The van der Waals surface area contributed by atoms with Gasteiger partial charge in [0.25, 0.3) is 0 Å². The van der Waals surface area contributed by atoms with Crippen LogP contribution < -0.4 is 15.8 Å². The van der Waals surface area contributed by atoms with E-state index in [0.29, 0.717) is 22.9 Å². The highest BCUT2D eigenvalue weighted by molar-refractivity contribution is 6.11. The third-order valence-corrected chi connectivity index (χ3v) is 6.13. The smallest absolute Gasteiger partial charge is 0.324 e. The van der Waals surface area contributed by atoms with E-state index in [0.717, 1.165) is 47.7 Å². The quantitative estimate of drug-likeness (QED) is 0.359. The average molecular weight is 452 g/mol. The molecule has 33 heavy (non-hydrogen) atoms. The predicted molar refractivity (Wildman–Crippen MR) is 123 cm³/mol. The van der Waals surface area contributed by atoms with E-state index in [1.807, 2.05) is 0 Å². The van der Waals surface area contributed by atoms with Gasteiger partial charge in [-0.1, -0.05) is 6.42 Å². The molecule has 1 aliphatic carbocycles. The Kier molecular flexibility index (Phi) is 5.55. The maximum absolute atomic E-state index is 14.4. The van der Waals surface area contributed by atoms with Gasteiger partial charge in [0.15, 0.2) is 11.6 Å². The number of fused-ring (bicyclic) bond motifs is 3. The third-order valence-electron chi connectivity index (χ3n) is 6.13. The van der Waals surface area contributed by atoms with Crippen molar-refractivity contribution in [2.45, 2.75) is 50.7 Å². The molecule has 0 spiro atoms. The molecular formula is C23H26FN7O2. The molecule has 0 saturated heterocycles. The number of ether oxygens (including phenoxy) is 1. The van der Waals surface area contributed by atoms with Crippen LogP contribution in [0.5, 0.6) is 11.8 Å². The van der Waals surface area contributed by atoms with Gasteiger partial charge in [-0.3, -0.25) is 0 Å². The van der Waals surface area contributed by atoms with Gasteiger partial charge in [-0.2, -0.15) is 9.97 Å². The van der Waals surface area contributed by atoms with Crippen molar-refractivity contribution in [3.63, 3.8) is 0 Å². The van der Waals surface area contributed by atoms with Crippen molar-refractivity contribution in [1.82, 2.24) is 24.9 Å². The molecular weight excluding hydrogens is 425 g/mol. The Bertz CT molecular complexity index is 1310. The third kappa shape index (κ3) is 4.07. The van der Waals surface area contributed by atoms with Crippen LogP contribution in [0.25, 0.3) is 21.9 Å². The van der Waals surface area contributed by atoms with Crippen molar-refractivity contribution in [2.24, 2.45) is 5.73 Å². The molecule has 1 fully saturated rings. The summed E-state index contributed by atoms with van der Waals surface area (Å²) in [5.74, 6) is 0.418. The number of nitrogens with two attached hydrogens (primary N) is 1. The number of aromatic nitrogens is 5. The summed E-state index contributed by atoms with van der Waals surface area (Å²) in [5, 5.41) is 14.2. The van der Waals surface area contributed by atoms with Crippen LogP contribution in [0.15, 0.2) is 24.5 Å². The number of hydrogen-bond acceptors (Lipinski definition) is 8. The molecule has 2 unspecified atom stereocenters. The Labute approximate surface area is 189 Å². The second-order valence-corrected chi connectivity index (χ2v) is 8.54. The van der Waals surface area contributed by atoms with Gasteiger partial charge in [0.1, 0.15) is 17.6 Å². The summed E-state index contributed by atoms with van der Waals surface area (Å²) < 4.78 is 20.3. The van der Waals surface area contributed by atoms with Gasteiger partial charge in [0.05, 0.1) is 29.3 Å². The zero-order valence-electron chi connectivity index (χ0n) is 18.5. The van der Waals surface area contributed by atoms with E-state index in [1.54, 1.807) is 14.0 Å². The summed E-state index contributed by atoms with van der Waals surface area (Å²) >= 11 is 0. The molecule has 10 heteroatoms. The topological polar surface area (TPSA) is 135 Å². The molecule has 3 atom stereocenters. The lowest BCUT2D eigenvalue weighted by atomic mass is 9.83. The average Bonchev–Trinajstić information content (AvgIpc) is 3.16. The zero-order chi connectivity index (χ0) is 23.1. The number of aromatic amines is 1. The first kappa shape index (κ1) is 21.5. The Morgan fingerprint density at radius 3 is 2.73 bits per heavy atom. The normalized spacial score (nSPS) is 19.7. The first-order valence-electron chi connectivity index (χ1n) is 11.1. The van der Waals surface area contributed by atoms with Crippen LogP contribution in [-0.2, 0) is 0 Å². The summed E-state index contributed by atoms with van der Waals surface area (Å²) in [5.41, 5.74) is 9.03. The molecule has 1 aliphatic rings. The maximum atomic E-state index is 14.4. The number of anilines is 1. The fourth-order valence-electron chi connectivity index (χ4n) is 4.58. The van der Waals surface area contributed by atoms with Gasteiger partial charge in [0.2, 0.25) is 0 Å². The number of benzene rings is 1. The molecule has 0 aliphatic heterocycles. The first-order chi connectivity index (χ1) is 15.9. The van der Waals surface area contributed by atoms with Crippen molar-refractivity contribution < 1.29 is 14.2 Å². The lowest BCUT2D eigenvalue weighted by molar-refractivity contribution is 0.188. The molecule has 172 valence electrons. The monoisotopic (exact) mass is 451 g/mol. The van der Waals surface area contributed by atoms with Gasteiger partial charge in [-0.25, -0.2) is 14.4 Å². The van der Waals surface area contributed by atoms with E-state index in [2.05, 4.69) is 25.3 Å². The summed E-state index contributed by atoms with van der Waals surface area (Å²) in [6.45, 7) is 1.59. The van der Waals surface area contributed by atoms with Crippen LogP contribution in [0.1, 0.15) is 56.1 Å². The minimum absolute atomic E-state index is 0.0920. The summed E-state index contributed by atoms with van der Waals surface area (Å²) in [6.07, 6.45) is 5.87. The number of halogens is 1. The van der Waals surface area contributed by atoms with Crippen LogP contribution in [0, 0.1) is 5.82 Å². The Hall–Kier alpha value is -3.37. The fourth-order valence-corrected chi connectivity index (χ4v) is 4.58. The van der Waals surface area contributed by atoms with E-state index in [-0.39, 0.29) is 23.8 Å². The molecule has 4 aromatic rings. The minimum Gasteiger partial charge on any atom is -0.421 e. The standard InChI is InChI=1S/C23H26FN7O2/c1-11(32)21-27-9-15(10-28-21)33-23-30-19(12-4-3-5-14(25)6-12)18-16-7-13(24)8-17(26-2)20(16)29-22(18)31-23/h7-12,14,26,32H,3-6,25H2,1-2H3,(H,29,30,31)/t11?,12?,14-/m1/s1. The van der Waals surface area contributed by atoms with Gasteiger partial charge < -0.3 is 25.9 Å². The maximum Gasteiger partial charge on any atom is 0.324 e. The number of nitrogens with zero attached hydrogens (tertiary/aromatic N) is 4. The van der Waals surface area contributed by atoms with Crippen LogP contribution in [0.4, 0.5) is 10.1 Å². The molecule has 1 saturated carbocycles. The molecule has 9 nitrogen and oxygen atoms in total. The number of rotatable bonds is 5. The minimum atomic E-state index is -0.776. The molecule has 0 amide bonds. The van der Waals surface area contributed by atoms with E-state index >= 15 is 0 Å². The number of hydrogen-bond donors (Lipinski definition) is 4. The van der Waals surface area contributed by atoms with Crippen molar-refractivity contribution in [1.29, 1.82) is 0 Å². The molecule has 3 heterocycles. The highest BCUT2D eigenvalue weighted by Gasteiger charge is 2.27. The van der Waals surface area contributed by atoms with Gasteiger partial charge in [-0.05, 0) is 38.3 Å². The molecule has 0 bridgehead atoms. The van der Waals surface area contributed by atoms with Crippen LogP contribution in [0.3, 0.4) is 0 Å². The Balaban J connectivity index is 1.65. The summed E-state index contributed by atoms with van der Waals surface area (Å²) in [7, 11) is 1.75. The van der Waals surface area contributed by atoms with E-state index in [1.165, 1.54) is 24.5 Å². The van der Waals surface area contributed by atoms with E-state index < -0.39 is 6.10 Å². The highest BCUT2D eigenvalue weighted by Crippen LogP contribution is 2.40. The predicted octanol–water partition coefficient (Wildman–Crippen LogP) is 3.91. The van der Waals surface area contributed by atoms with Crippen LogP contribution in [0.2, 0.25) is 0 Å². The van der Waals surface area contributed by atoms with Crippen LogP contribution in [-0.4, -0.2) is 43.1 Å². The van der Waals surface area contributed by atoms with Gasteiger partial charge >= 0.3 is 6.01 Å². The first-order valence-corrected chi connectivity index (χ1v) is 11.1. The second kappa shape index (κ2) is 8.53. The lowest BCUT2D eigenvalue weighted by Gasteiger charge is -2.26. The SMILES string of the molecule is CNc1cc(F)cc2c1[nH]c1nc(Oc3cnc(C(C)O)nc3)nc(C3CCC[C@@H](N)C3)c12. The Morgan fingerprint density at radius 1 is 1.24 bits per heavy atom. The molecule has 3 aromatic heterocycles. The molecule has 1 aromatic carbocycles. The van der Waals surface area contributed by atoms with E-state index in [9.17, 15) is 9.50 Å². The fraction of sp³-hybridized carbons (Fsp3) is 0.391. The number of aliphatic hydroxyl groups excluding tert-OH is 1. The number of aliphatic hydroxyl groups is 1. The lowest BCUT2D eigenvalue weighted by Crippen LogP contribution is -2.27. The highest BCUT2D eigenvalue weighted by atomic mass is 19.1. The largest absolute Gasteiger partial charge is 0.421 e. The Morgan fingerprint density at radius 2 is 2.03 bits per heavy atom. The van der Waals surface area contributed by atoms with Gasteiger partial charge in [-0.15, -0.1) is 0 Å². The summed E-state index contributed by atoms with van der Waals surface area (Å²) in [4.78, 5) is 20.9. The van der Waals surface area contributed by atoms with Crippen molar-refractivity contribution in [3.8, 4) is 11.8 Å². The second-order valence-electron chi connectivity index (χ2n) is 8.54. The van der Waals surface area contributed by atoms with Gasteiger partial charge in [0, 0.05) is 29.8 Å². The van der Waals surface area contributed by atoms with Crippen molar-refractivity contribution in [2.75, 3.05) is 12.4 Å². The van der Waals surface area contributed by atoms with Crippen LogP contribution >= 0.6 is 0 Å². The van der Waals surface area contributed by atoms with E-state index in [4.69, 9.17) is 15.5 Å². The summed E-state index contributed by atoms with van der Waals surface area (Å²) in [6, 6.07) is 3.19.